The van der Waals surface area contributed by atoms with E-state index in [2.05, 4.69) is 29.9 Å². The van der Waals surface area contributed by atoms with E-state index in [4.69, 9.17) is 56.8 Å². The molecule has 6 aromatic rings. The molecule has 9 fully saturated rings. The van der Waals surface area contributed by atoms with E-state index in [-0.39, 0.29) is 212 Å². The van der Waals surface area contributed by atoms with Crippen molar-refractivity contribution in [1.29, 1.82) is 0 Å². The molecule has 0 spiro atoms. The number of amides is 3. The van der Waals surface area contributed by atoms with Crippen LogP contribution in [0.1, 0.15) is 214 Å². The first-order chi connectivity index (χ1) is 64.3. The van der Waals surface area contributed by atoms with Crippen molar-refractivity contribution in [3.8, 4) is 34.9 Å². The molecule has 39 heteroatoms. The van der Waals surface area contributed by atoms with E-state index >= 15 is 26.3 Å². The molecule has 30 nitrogen and oxygen atoms in total. The number of rotatable bonds is 9. The van der Waals surface area contributed by atoms with Crippen LogP contribution in [0.2, 0.25) is 0 Å². The van der Waals surface area contributed by atoms with Gasteiger partial charge in [0.05, 0.1) is 151 Å². The SMILES string of the molecule is COc1ccc2nc3c(nc2c1)O[C@H]1CN(C(=O)[C@H](C2(C)COC2)CC(=O)O[C@@H]2CCC[C@H]2CCCCC3(F)F)[C@H]([C-]=O)[C@@H]1C.COc1ccc2nc3c(nc2c1)O[C@H]1CN(C(=O)[C@H](C2(C)COC2)CC(=O)O[C@]2(C)CCC[C@H]2CCCCC3(F)F)[C@H]([C-]=O)[C@@H]1C.COc1ccc2nc3c(nc2c1)O[C@H]1CN(C(=O)[C@H](C2(C)COC2)CC(=O)O[C@]2(C)C[C@H]2CCCCC3(F)F)[C@H]([C-]=O)[C@@H]1C.[V].[V].[V]. The largest absolute Gasteiger partial charge is 0.540 e. The molecule has 3 aromatic carbocycles. The van der Waals surface area contributed by atoms with Crippen LogP contribution in [0, 0.1) is 69.5 Å². The number of carbonyl (C=O) groups excluding carboxylic acids is 9. The third-order valence-electron chi connectivity index (χ3n) is 31.0. The first-order valence-electron chi connectivity index (χ1n) is 47.4. The van der Waals surface area contributed by atoms with Gasteiger partial charge in [-0.15, -0.1) is 0 Å². The van der Waals surface area contributed by atoms with Gasteiger partial charge in [-0.3, -0.25) is 28.8 Å². The molecule has 3 saturated carbocycles. The fourth-order valence-corrected chi connectivity index (χ4v) is 21.9. The molecule has 12 aliphatic rings. The molecule has 3 aliphatic carbocycles. The maximum Gasteiger partial charge on any atom is 0.307 e. The Balaban J connectivity index is 0.000000173. The van der Waals surface area contributed by atoms with E-state index < -0.39 is 189 Å². The van der Waals surface area contributed by atoms with Crippen molar-refractivity contribution in [2.45, 2.75) is 268 Å². The van der Waals surface area contributed by atoms with Gasteiger partial charge in [-0.25, -0.2) is 48.8 Å². The molecule has 12 heterocycles. The third kappa shape index (κ3) is 22.0. The average Bonchev–Trinajstić information content (AvgIpc) is 1.58. The van der Waals surface area contributed by atoms with Gasteiger partial charge in [-0.05, 0) is 163 Å². The molecule has 3 amide bonds. The summed E-state index contributed by atoms with van der Waals surface area (Å²) in [4.78, 5) is 150. The molecule has 18 atom stereocenters. The van der Waals surface area contributed by atoms with Crippen LogP contribution in [0.4, 0.5) is 26.3 Å². The number of benzene rings is 3. The summed E-state index contributed by atoms with van der Waals surface area (Å²) >= 11 is 0. The maximum atomic E-state index is 16.1. The maximum absolute atomic E-state index is 16.1. The Morgan fingerprint density at radius 3 is 1.04 bits per heavy atom. The van der Waals surface area contributed by atoms with Crippen LogP contribution < -0.4 is 28.4 Å². The summed E-state index contributed by atoms with van der Waals surface area (Å²) in [6.45, 7) is 16.0. The van der Waals surface area contributed by atoms with Crippen molar-refractivity contribution in [2.75, 3.05) is 80.6 Å². The van der Waals surface area contributed by atoms with Crippen LogP contribution in [-0.2, 0) is 145 Å². The minimum Gasteiger partial charge on any atom is -0.540 e. The molecule has 9 aliphatic heterocycles. The van der Waals surface area contributed by atoms with Gasteiger partial charge in [-0.1, -0.05) is 78.9 Å². The summed E-state index contributed by atoms with van der Waals surface area (Å²) in [5.74, 6) is -16.5. The molecular formula is C99H120F6N9O21V3-3. The van der Waals surface area contributed by atoms with E-state index in [0.717, 1.165) is 25.7 Å². The quantitative estimate of drug-likeness (QED) is 0.0561. The van der Waals surface area contributed by atoms with E-state index in [0.29, 0.717) is 91.6 Å². The van der Waals surface area contributed by atoms with Crippen LogP contribution in [0.3, 0.4) is 0 Å². The van der Waals surface area contributed by atoms with Crippen molar-refractivity contribution in [3.63, 3.8) is 0 Å². The van der Waals surface area contributed by atoms with Crippen LogP contribution in [0.15, 0.2) is 54.6 Å². The van der Waals surface area contributed by atoms with Crippen LogP contribution in [0.5, 0.6) is 34.9 Å². The van der Waals surface area contributed by atoms with Gasteiger partial charge in [0.25, 0.3) is 17.8 Å². The summed E-state index contributed by atoms with van der Waals surface area (Å²) in [5, 5.41) is 0. The number of hydrogen-bond donors (Lipinski definition) is 0. The molecular weight excluding hydrogens is 1920 g/mol. The molecule has 138 heavy (non-hydrogen) atoms. The van der Waals surface area contributed by atoms with Crippen LogP contribution >= 0.6 is 0 Å². The number of hydrogen-bond acceptors (Lipinski definition) is 27. The van der Waals surface area contributed by atoms with Gasteiger partial charge in [-0.2, -0.15) is 26.3 Å². The number of nitrogens with zero attached hydrogens (tertiary/aromatic N) is 9. The second-order valence-corrected chi connectivity index (χ2v) is 40.7. The zero-order valence-corrected chi connectivity index (χ0v) is 83.8. The first-order valence-corrected chi connectivity index (χ1v) is 47.4. The standard InChI is InChI=1S/C34H42F2N3O7.C33H40F2N3O7.C32H38F2N3O7.3V/c1-20-26(17-40)39-16-27(20)45-30-29(37-24-11-10-22(43-4)14-25(24)38-30)34(35,36)13-6-5-8-21-9-7-12-33(21,3)46-28(41)15-23(31(39)42)32(2)18-44-19-32;1-19-25(16-39)38-15-27(19)45-30-29(36-23-11-10-21(42-3)13-24(23)37-30)33(34,35)12-5-4-7-20-8-6-9-26(20)44-28(40)14-22(31(38)41)32(2)17-43-18-32;1-18-24(15-38)37-14-25(18)43-28-27(35-22-9-8-20(41-4)11-23(22)36-28)32(33,34)10-6-5-7-19-13-31(19,3)44-26(39)12-21(29(37)40)30(2)16-42-17-30;;;/h10-11,14,20-21,23,26-27H,5-9,12-13,15-16,18-19H2,1-4H3;10-11,13,19-20,22,25-27H,4-9,12,14-15,17-18H2,1-3H3;8-9,11,18-19,21,24-25H,5-7,10,12-14,16-17H2,1-4H3;;;/q3*-1;;;/t20-,21+,23+,26+,27-,33+;19-,20+,22+,25+,26+,27-;18-,19+,21+,24+,25-,31+;;;/m000.../s1. The number of ether oxygens (including phenoxy) is 12. The smallest absolute Gasteiger partial charge is 0.307 e. The Labute approximate surface area is 833 Å². The Kier molecular flexibility index (Phi) is 33.3. The fourth-order valence-electron chi connectivity index (χ4n) is 21.9. The van der Waals surface area contributed by atoms with Gasteiger partial charge in [0, 0.05) is 115 Å². The van der Waals surface area contributed by atoms with Crippen molar-refractivity contribution in [1.82, 2.24) is 44.6 Å². The van der Waals surface area contributed by atoms with Crippen molar-refractivity contribution in [2.24, 2.45) is 69.5 Å². The number of methoxy groups -OCH3 is 3. The summed E-state index contributed by atoms with van der Waals surface area (Å²) in [5.41, 5.74) is -3.33. The number of carbonyl (C=O) groups is 6. The van der Waals surface area contributed by atoms with Gasteiger partial charge in [0.1, 0.15) is 52.9 Å². The summed E-state index contributed by atoms with van der Waals surface area (Å²) in [6, 6.07) is 11.3. The van der Waals surface area contributed by atoms with Crippen molar-refractivity contribution >= 4 is 87.6 Å². The molecule has 0 N–H and O–H groups in total. The summed E-state index contributed by atoms with van der Waals surface area (Å²) < 4.78 is 165. The Bertz CT molecular complexity index is 5480. The molecule has 747 valence electrons. The third-order valence-corrected chi connectivity index (χ3v) is 31.0. The molecule has 0 unspecified atom stereocenters. The van der Waals surface area contributed by atoms with Gasteiger partial charge in [0.2, 0.25) is 35.4 Å². The van der Waals surface area contributed by atoms with Gasteiger partial charge >= 0.3 is 17.9 Å². The molecule has 3 aromatic heterocycles. The van der Waals surface area contributed by atoms with Gasteiger partial charge < -0.3 is 85.9 Å². The second kappa shape index (κ2) is 43.0. The summed E-state index contributed by atoms with van der Waals surface area (Å²) in [7, 11) is 4.47. The second-order valence-electron chi connectivity index (χ2n) is 40.7. The molecule has 6 saturated heterocycles. The normalized spacial score (nSPS) is 32.1. The molecule has 18 rings (SSSR count). The van der Waals surface area contributed by atoms with E-state index in [1.165, 1.54) is 36.0 Å². The molecule has 6 bridgehead atoms. The van der Waals surface area contributed by atoms with E-state index in [9.17, 15) is 43.2 Å². The zero-order chi connectivity index (χ0) is 96.2. The van der Waals surface area contributed by atoms with Crippen LogP contribution in [0.25, 0.3) is 33.1 Å². The average molecular weight is 2040 g/mol. The van der Waals surface area contributed by atoms with Gasteiger partial charge in [0.15, 0.2) is 17.1 Å². The Hall–Kier alpha value is -8.48. The first kappa shape index (κ1) is 107. The minimum absolute atomic E-state index is 0. The van der Waals surface area contributed by atoms with E-state index in [1.807, 2.05) is 53.5 Å². The van der Waals surface area contributed by atoms with Crippen molar-refractivity contribution in [3.05, 3.63) is 71.7 Å². The van der Waals surface area contributed by atoms with Crippen LogP contribution in [-0.4, -0.2) is 233 Å². The predicted molar refractivity (Wildman–Crippen MR) is 472 cm³/mol. The monoisotopic (exact) mass is 2040 g/mol. The number of aromatic nitrogens is 6. The molecule has 3 radical (unpaired) electrons. The topological polar surface area (TPSA) is 351 Å². The zero-order valence-electron chi connectivity index (χ0n) is 79.6. The Morgan fingerprint density at radius 1 is 0.370 bits per heavy atom. The minimum atomic E-state index is -3.37. The van der Waals surface area contributed by atoms with E-state index in [1.54, 1.807) is 75.4 Å². The number of fused-ring (bicyclic) bond motifs is 15. The fraction of sp³-hybridized carbons (Fsp3) is 0.667. The summed E-state index contributed by atoms with van der Waals surface area (Å²) in [6.07, 6.45) is 10.7. The number of alkyl halides is 6. The van der Waals surface area contributed by atoms with Crippen molar-refractivity contribution < 1.29 is 182 Å². The number of halogens is 6. The predicted octanol–water partition coefficient (Wildman–Crippen LogP) is 14.3. The number of esters is 3. The Morgan fingerprint density at radius 2 is 0.696 bits per heavy atom.